The summed E-state index contributed by atoms with van der Waals surface area (Å²) < 4.78 is 0. The predicted molar refractivity (Wildman–Crippen MR) is 105 cm³/mol. The zero-order chi connectivity index (χ0) is 18.9. The van der Waals surface area contributed by atoms with Crippen LogP contribution >= 0.6 is 23.2 Å². The predicted octanol–water partition coefficient (Wildman–Crippen LogP) is 4.18. The molecule has 142 valence electrons. The molecule has 3 rings (SSSR count). The molecule has 0 radical (unpaired) electrons. The molecule has 6 heteroatoms. The van der Waals surface area contributed by atoms with Gasteiger partial charge >= 0.3 is 0 Å². The zero-order valence-corrected chi connectivity index (χ0v) is 16.9. The van der Waals surface area contributed by atoms with Crippen LogP contribution in [0.2, 0.25) is 10.0 Å². The molecule has 4 nitrogen and oxygen atoms in total. The van der Waals surface area contributed by atoms with E-state index < -0.39 is 5.41 Å². The molecule has 2 fully saturated rings. The van der Waals surface area contributed by atoms with Gasteiger partial charge in [-0.15, -0.1) is 0 Å². The molecule has 0 spiro atoms. The van der Waals surface area contributed by atoms with E-state index in [-0.39, 0.29) is 23.8 Å². The Bertz CT molecular complexity index is 693. The third kappa shape index (κ3) is 3.72. The number of likely N-dealkylation sites (tertiary alicyclic amines) is 1. The first kappa shape index (κ1) is 19.5. The van der Waals surface area contributed by atoms with Crippen molar-refractivity contribution in [2.45, 2.75) is 57.4 Å². The summed E-state index contributed by atoms with van der Waals surface area (Å²) in [6.07, 6.45) is 4.32. The van der Waals surface area contributed by atoms with Crippen molar-refractivity contribution in [3.05, 3.63) is 33.8 Å². The van der Waals surface area contributed by atoms with Crippen molar-refractivity contribution in [3.63, 3.8) is 0 Å². The molecule has 1 aliphatic carbocycles. The third-order valence-electron chi connectivity index (χ3n) is 5.75. The average molecular weight is 397 g/mol. The normalized spacial score (nSPS) is 20.0. The third-order valence-corrected chi connectivity index (χ3v) is 6.49. The summed E-state index contributed by atoms with van der Waals surface area (Å²) in [6.45, 7) is 5.27. The van der Waals surface area contributed by atoms with Crippen LogP contribution in [0.1, 0.15) is 51.5 Å². The standard InChI is InChI=1S/C20H26Cl2N2O2/c1-13(2)18(25)24-10-6-15(7-11-24)23-19(26)20(8-3-9-20)14-4-5-16(21)17(22)12-14/h4-5,12-13,15H,3,6-11H2,1-2H3,(H,23,26). The molecule has 2 amide bonds. The van der Waals surface area contributed by atoms with Gasteiger partial charge in [0.2, 0.25) is 11.8 Å². The highest BCUT2D eigenvalue weighted by atomic mass is 35.5. The minimum atomic E-state index is -0.487. The van der Waals surface area contributed by atoms with Gasteiger partial charge in [-0.05, 0) is 43.4 Å². The maximum Gasteiger partial charge on any atom is 0.230 e. The molecule has 0 atom stereocenters. The fraction of sp³-hybridized carbons (Fsp3) is 0.600. The number of hydrogen-bond acceptors (Lipinski definition) is 2. The largest absolute Gasteiger partial charge is 0.352 e. The van der Waals surface area contributed by atoms with Crippen molar-refractivity contribution in [2.75, 3.05) is 13.1 Å². The quantitative estimate of drug-likeness (QED) is 0.829. The fourth-order valence-corrected chi connectivity index (χ4v) is 4.20. The Morgan fingerprint density at radius 1 is 1.15 bits per heavy atom. The van der Waals surface area contributed by atoms with Crippen molar-refractivity contribution in [3.8, 4) is 0 Å². The highest BCUT2D eigenvalue weighted by Crippen LogP contribution is 2.45. The average Bonchev–Trinajstić information content (AvgIpc) is 2.57. The molecule has 2 aliphatic rings. The number of nitrogens with one attached hydrogen (secondary N) is 1. The number of amides is 2. The topological polar surface area (TPSA) is 49.4 Å². The van der Waals surface area contributed by atoms with Gasteiger partial charge in [-0.2, -0.15) is 0 Å². The minimum absolute atomic E-state index is 0.0223. The van der Waals surface area contributed by atoms with E-state index in [1.165, 1.54) is 0 Å². The first-order valence-electron chi connectivity index (χ1n) is 9.39. The second-order valence-corrected chi connectivity index (χ2v) is 8.61. The number of carbonyl (C=O) groups excluding carboxylic acids is 2. The van der Waals surface area contributed by atoms with Crippen molar-refractivity contribution in [2.24, 2.45) is 5.92 Å². The SMILES string of the molecule is CC(C)C(=O)N1CCC(NC(=O)C2(c3ccc(Cl)c(Cl)c3)CCC2)CC1. The molecule has 1 aliphatic heterocycles. The summed E-state index contributed by atoms with van der Waals surface area (Å²) in [6, 6.07) is 5.63. The van der Waals surface area contributed by atoms with Gasteiger partial charge in [0.1, 0.15) is 0 Å². The van der Waals surface area contributed by atoms with E-state index in [9.17, 15) is 9.59 Å². The molecule has 26 heavy (non-hydrogen) atoms. The lowest BCUT2D eigenvalue weighted by Crippen LogP contribution is -2.54. The molecule has 1 aromatic carbocycles. The first-order chi connectivity index (χ1) is 12.3. The van der Waals surface area contributed by atoms with E-state index in [2.05, 4.69) is 5.32 Å². The van der Waals surface area contributed by atoms with Crippen molar-refractivity contribution in [1.29, 1.82) is 0 Å². The lowest BCUT2D eigenvalue weighted by Gasteiger charge is -2.42. The molecular formula is C20H26Cl2N2O2. The second-order valence-electron chi connectivity index (χ2n) is 7.79. The number of halogens is 2. The maximum atomic E-state index is 13.1. The fourth-order valence-electron chi connectivity index (χ4n) is 3.90. The molecule has 1 heterocycles. The smallest absolute Gasteiger partial charge is 0.230 e. The van der Waals surface area contributed by atoms with Gasteiger partial charge in [0.05, 0.1) is 15.5 Å². The van der Waals surface area contributed by atoms with Crippen LogP contribution in [0.5, 0.6) is 0 Å². The summed E-state index contributed by atoms with van der Waals surface area (Å²) in [5.74, 6) is 0.297. The molecular weight excluding hydrogens is 371 g/mol. The lowest BCUT2D eigenvalue weighted by molar-refractivity contribution is -0.136. The molecule has 0 aromatic heterocycles. The number of nitrogens with zero attached hydrogens (tertiary/aromatic N) is 1. The Kier molecular flexibility index (Phi) is 5.83. The molecule has 1 saturated carbocycles. The van der Waals surface area contributed by atoms with Gasteiger partial charge in [-0.1, -0.05) is 49.5 Å². The van der Waals surface area contributed by atoms with Crippen LogP contribution < -0.4 is 5.32 Å². The van der Waals surface area contributed by atoms with Crippen LogP contribution in [0, 0.1) is 5.92 Å². The van der Waals surface area contributed by atoms with Crippen LogP contribution in [-0.4, -0.2) is 35.8 Å². The van der Waals surface area contributed by atoms with E-state index in [4.69, 9.17) is 23.2 Å². The van der Waals surface area contributed by atoms with Crippen LogP contribution in [0.3, 0.4) is 0 Å². The molecule has 0 unspecified atom stereocenters. The molecule has 1 N–H and O–H groups in total. The van der Waals surface area contributed by atoms with Gasteiger partial charge in [0, 0.05) is 25.0 Å². The van der Waals surface area contributed by atoms with E-state index in [1.54, 1.807) is 6.07 Å². The second kappa shape index (κ2) is 7.77. The van der Waals surface area contributed by atoms with E-state index in [0.717, 1.165) is 37.7 Å². The van der Waals surface area contributed by atoms with Gasteiger partial charge < -0.3 is 10.2 Å². The Hall–Kier alpha value is -1.26. The molecule has 1 saturated heterocycles. The molecule has 0 bridgehead atoms. The van der Waals surface area contributed by atoms with E-state index in [0.29, 0.717) is 23.1 Å². The zero-order valence-electron chi connectivity index (χ0n) is 15.4. The van der Waals surface area contributed by atoms with Crippen LogP contribution in [0.25, 0.3) is 0 Å². The summed E-state index contributed by atoms with van der Waals surface area (Å²) in [4.78, 5) is 27.1. The summed E-state index contributed by atoms with van der Waals surface area (Å²) in [7, 11) is 0. The number of carbonyl (C=O) groups is 2. The van der Waals surface area contributed by atoms with Crippen molar-refractivity contribution in [1.82, 2.24) is 10.2 Å². The first-order valence-corrected chi connectivity index (χ1v) is 10.1. The van der Waals surface area contributed by atoms with Crippen molar-refractivity contribution >= 4 is 35.0 Å². The summed E-state index contributed by atoms with van der Waals surface area (Å²) in [5, 5.41) is 4.23. The number of piperidine rings is 1. The Balaban J connectivity index is 1.64. The van der Waals surface area contributed by atoms with Gasteiger partial charge in [0.25, 0.3) is 0 Å². The Morgan fingerprint density at radius 2 is 1.81 bits per heavy atom. The van der Waals surface area contributed by atoms with Crippen LogP contribution in [0.15, 0.2) is 18.2 Å². The van der Waals surface area contributed by atoms with Gasteiger partial charge in [-0.3, -0.25) is 9.59 Å². The molecule has 1 aromatic rings. The Labute approximate surface area is 165 Å². The minimum Gasteiger partial charge on any atom is -0.352 e. The highest BCUT2D eigenvalue weighted by molar-refractivity contribution is 6.42. The van der Waals surface area contributed by atoms with Gasteiger partial charge in [-0.25, -0.2) is 0 Å². The van der Waals surface area contributed by atoms with Crippen molar-refractivity contribution < 1.29 is 9.59 Å². The highest BCUT2D eigenvalue weighted by Gasteiger charge is 2.46. The Morgan fingerprint density at radius 3 is 2.31 bits per heavy atom. The summed E-state index contributed by atoms with van der Waals surface area (Å²) >= 11 is 12.2. The number of hydrogen-bond donors (Lipinski definition) is 1. The van der Waals surface area contributed by atoms with Crippen LogP contribution in [0.4, 0.5) is 0 Å². The van der Waals surface area contributed by atoms with Crippen LogP contribution in [-0.2, 0) is 15.0 Å². The van der Waals surface area contributed by atoms with E-state index >= 15 is 0 Å². The summed E-state index contributed by atoms with van der Waals surface area (Å²) in [5.41, 5.74) is 0.460. The monoisotopic (exact) mass is 396 g/mol. The lowest BCUT2D eigenvalue weighted by atomic mass is 9.63. The number of benzene rings is 1. The number of rotatable bonds is 4. The maximum absolute atomic E-state index is 13.1. The van der Waals surface area contributed by atoms with Gasteiger partial charge in [0.15, 0.2) is 0 Å². The van der Waals surface area contributed by atoms with E-state index in [1.807, 2.05) is 30.9 Å².